The molecule has 0 spiro atoms. The molecule has 1 N–H and O–H groups in total. The molecule has 1 atom stereocenters. The molecule has 58 valence electrons. The predicted octanol–water partition coefficient (Wildman–Crippen LogP) is 0.750. The maximum Gasteiger partial charge on any atom is 0.326 e. The number of carbonyl (C=O) groups is 2. The van der Waals surface area contributed by atoms with E-state index in [0.29, 0.717) is 0 Å². The normalized spacial score (nSPS) is 12.3. The minimum atomic E-state index is -1.07. The third-order valence-corrected chi connectivity index (χ3v) is 1.48. The highest BCUT2D eigenvalue weighted by Gasteiger charge is 2.19. The first-order valence-corrected chi connectivity index (χ1v) is 2.99. The molecular formula is C5H8ClNO3. The van der Waals surface area contributed by atoms with Crippen LogP contribution in [0.2, 0.25) is 0 Å². The van der Waals surface area contributed by atoms with Crippen LogP contribution in [0.15, 0.2) is 0 Å². The van der Waals surface area contributed by atoms with Crippen molar-refractivity contribution in [2.75, 3.05) is 7.05 Å². The van der Waals surface area contributed by atoms with Crippen molar-refractivity contribution in [3.63, 3.8) is 0 Å². The predicted molar refractivity (Wildman–Crippen MR) is 36.1 cm³/mol. The largest absolute Gasteiger partial charge is 0.480 e. The zero-order chi connectivity index (χ0) is 8.31. The lowest BCUT2D eigenvalue weighted by molar-refractivity contribution is -0.141. The third kappa shape index (κ3) is 2.23. The van der Waals surface area contributed by atoms with Crippen molar-refractivity contribution in [3.8, 4) is 0 Å². The third-order valence-electron chi connectivity index (χ3n) is 1.22. The number of carboxylic acids is 1. The molecule has 0 fully saturated rings. The number of hydrogen-bond donors (Lipinski definition) is 1. The zero-order valence-corrected chi connectivity index (χ0v) is 6.42. The van der Waals surface area contributed by atoms with Gasteiger partial charge in [0.2, 0.25) is 0 Å². The van der Waals surface area contributed by atoms with Gasteiger partial charge in [0.25, 0.3) is 0 Å². The second-order valence-corrected chi connectivity index (χ2v) is 2.20. The van der Waals surface area contributed by atoms with Gasteiger partial charge in [-0.15, -0.1) is 0 Å². The summed E-state index contributed by atoms with van der Waals surface area (Å²) < 4.78 is 0. The summed E-state index contributed by atoms with van der Waals surface area (Å²) in [4.78, 5) is 21.4. The molecular weight excluding hydrogens is 158 g/mol. The molecule has 0 rings (SSSR count). The Bertz CT molecular complexity index is 141. The molecule has 0 aliphatic carbocycles. The van der Waals surface area contributed by atoms with Crippen molar-refractivity contribution in [2.45, 2.75) is 13.0 Å². The van der Waals surface area contributed by atoms with Crippen LogP contribution >= 0.6 is 11.6 Å². The Hall–Kier alpha value is -0.770. The van der Waals surface area contributed by atoms with Crippen LogP contribution in [0, 0.1) is 0 Å². The molecule has 0 aromatic rings. The summed E-state index contributed by atoms with van der Waals surface area (Å²) in [5, 5.41) is 7.58. The molecule has 0 aromatic heterocycles. The Balaban J connectivity index is 4.07. The number of amides is 1. The fraction of sp³-hybridized carbons (Fsp3) is 0.600. The van der Waals surface area contributed by atoms with Gasteiger partial charge in [-0.25, -0.2) is 4.79 Å². The Kier molecular flexibility index (Phi) is 3.15. The van der Waals surface area contributed by atoms with E-state index < -0.39 is 17.4 Å². The van der Waals surface area contributed by atoms with Crippen molar-refractivity contribution in [1.82, 2.24) is 4.90 Å². The maximum absolute atomic E-state index is 10.3. The summed E-state index contributed by atoms with van der Waals surface area (Å²) in [6.07, 6.45) is 0. The van der Waals surface area contributed by atoms with Gasteiger partial charge < -0.3 is 10.0 Å². The quantitative estimate of drug-likeness (QED) is 0.485. The Labute approximate surface area is 63.4 Å². The van der Waals surface area contributed by atoms with E-state index in [0.717, 1.165) is 4.90 Å². The summed E-state index contributed by atoms with van der Waals surface area (Å²) in [7, 11) is 1.33. The van der Waals surface area contributed by atoms with Crippen LogP contribution in [0.5, 0.6) is 0 Å². The highest BCUT2D eigenvalue weighted by atomic mass is 35.5. The fourth-order valence-corrected chi connectivity index (χ4v) is 0.464. The van der Waals surface area contributed by atoms with E-state index >= 15 is 0 Å². The molecule has 0 radical (unpaired) electrons. The van der Waals surface area contributed by atoms with Gasteiger partial charge in [-0.05, 0) is 18.5 Å². The second kappa shape index (κ2) is 3.41. The van der Waals surface area contributed by atoms with E-state index in [4.69, 9.17) is 16.7 Å². The van der Waals surface area contributed by atoms with Gasteiger partial charge in [-0.3, -0.25) is 4.79 Å². The summed E-state index contributed by atoms with van der Waals surface area (Å²) in [6.45, 7) is 1.38. The van der Waals surface area contributed by atoms with Gasteiger partial charge in [0, 0.05) is 7.05 Å². The van der Waals surface area contributed by atoms with E-state index in [-0.39, 0.29) is 0 Å². The molecule has 0 heterocycles. The van der Waals surface area contributed by atoms with Crippen molar-refractivity contribution in [3.05, 3.63) is 0 Å². The lowest BCUT2D eigenvalue weighted by atomic mass is 10.3. The number of halogens is 1. The summed E-state index contributed by atoms with van der Waals surface area (Å²) >= 11 is 4.99. The summed E-state index contributed by atoms with van der Waals surface area (Å²) in [6, 6.07) is -0.870. The van der Waals surface area contributed by atoms with Crippen LogP contribution in [0.3, 0.4) is 0 Å². The lowest BCUT2D eigenvalue weighted by Gasteiger charge is -2.17. The van der Waals surface area contributed by atoms with E-state index in [2.05, 4.69) is 0 Å². The van der Waals surface area contributed by atoms with Gasteiger partial charge in [-0.1, -0.05) is 0 Å². The molecule has 0 aliphatic rings. The van der Waals surface area contributed by atoms with Gasteiger partial charge in [0.1, 0.15) is 6.04 Å². The first kappa shape index (κ1) is 9.23. The van der Waals surface area contributed by atoms with Crippen LogP contribution in [0.25, 0.3) is 0 Å². The van der Waals surface area contributed by atoms with E-state index in [1.54, 1.807) is 0 Å². The van der Waals surface area contributed by atoms with Crippen LogP contribution in [-0.2, 0) is 4.79 Å². The van der Waals surface area contributed by atoms with Crippen molar-refractivity contribution in [1.29, 1.82) is 0 Å². The Morgan fingerprint density at radius 3 is 2.10 bits per heavy atom. The van der Waals surface area contributed by atoms with Crippen LogP contribution in [0.1, 0.15) is 6.92 Å². The number of carboxylic acid groups (broad SMARTS) is 1. The van der Waals surface area contributed by atoms with Gasteiger partial charge >= 0.3 is 11.3 Å². The smallest absolute Gasteiger partial charge is 0.326 e. The fourth-order valence-electron chi connectivity index (χ4n) is 0.318. The molecule has 1 unspecified atom stereocenters. The molecule has 4 nitrogen and oxygen atoms in total. The molecule has 0 aromatic carbocycles. The summed E-state index contributed by atoms with van der Waals surface area (Å²) in [5.41, 5.74) is 0. The van der Waals surface area contributed by atoms with E-state index in [1.807, 2.05) is 0 Å². The maximum atomic E-state index is 10.3. The lowest BCUT2D eigenvalue weighted by Crippen LogP contribution is -2.37. The molecule has 0 saturated carbocycles. The SMILES string of the molecule is CC(C(=O)O)N(C)C(=O)Cl. The van der Waals surface area contributed by atoms with Crippen molar-refractivity contribution in [2.24, 2.45) is 0 Å². The monoisotopic (exact) mass is 165 g/mol. The average molecular weight is 166 g/mol. The molecule has 1 amide bonds. The van der Waals surface area contributed by atoms with Crippen molar-refractivity contribution >= 4 is 22.9 Å². The van der Waals surface area contributed by atoms with Crippen LogP contribution in [-0.4, -0.2) is 34.4 Å². The highest BCUT2D eigenvalue weighted by Crippen LogP contribution is 1.99. The standard InChI is InChI=1S/C5H8ClNO3/c1-3(4(8)9)7(2)5(6)10/h3H,1-2H3,(H,8,9). The number of likely N-dealkylation sites (N-methyl/N-ethyl adjacent to an activating group) is 1. The van der Waals surface area contributed by atoms with Crippen molar-refractivity contribution < 1.29 is 14.7 Å². The average Bonchev–Trinajstić information content (AvgIpc) is 1.84. The molecule has 0 bridgehead atoms. The topological polar surface area (TPSA) is 57.6 Å². The van der Waals surface area contributed by atoms with Gasteiger partial charge in [0.05, 0.1) is 0 Å². The Morgan fingerprint density at radius 2 is 2.00 bits per heavy atom. The van der Waals surface area contributed by atoms with E-state index in [1.165, 1.54) is 14.0 Å². The minimum absolute atomic E-state index is 0.769. The minimum Gasteiger partial charge on any atom is -0.480 e. The first-order valence-electron chi connectivity index (χ1n) is 2.62. The first-order chi connectivity index (χ1) is 4.46. The number of nitrogens with zero attached hydrogens (tertiary/aromatic N) is 1. The van der Waals surface area contributed by atoms with Crippen LogP contribution < -0.4 is 0 Å². The molecule has 0 saturated heterocycles. The van der Waals surface area contributed by atoms with Crippen LogP contribution in [0.4, 0.5) is 4.79 Å². The molecule has 10 heavy (non-hydrogen) atoms. The summed E-state index contributed by atoms with van der Waals surface area (Å²) in [5.74, 6) is -1.07. The van der Waals surface area contributed by atoms with E-state index in [9.17, 15) is 9.59 Å². The molecule has 5 heteroatoms. The Morgan fingerprint density at radius 1 is 1.60 bits per heavy atom. The number of hydrogen-bond acceptors (Lipinski definition) is 2. The van der Waals surface area contributed by atoms with Gasteiger partial charge in [0.15, 0.2) is 0 Å². The van der Waals surface area contributed by atoms with Gasteiger partial charge in [-0.2, -0.15) is 0 Å². The zero-order valence-electron chi connectivity index (χ0n) is 5.67. The number of rotatable bonds is 2. The number of aliphatic carboxylic acids is 1. The second-order valence-electron chi connectivity index (χ2n) is 1.88. The molecule has 0 aliphatic heterocycles. The highest BCUT2D eigenvalue weighted by molar-refractivity contribution is 6.62. The number of carbonyl (C=O) groups excluding carboxylic acids is 1.